The van der Waals surface area contributed by atoms with Crippen molar-refractivity contribution in [3.05, 3.63) is 57.9 Å². The molecule has 0 spiro atoms. The standard InChI is InChI=1S/C13H7F3N2O.C5H11N/c14-13(15,16)10-6-11(8-4-2-1-3-5-8)18-12(19)9(10)7-17;1-4(2)5(3)6/h1-6H,(H,18,19);4,6H,1-3H3. The van der Waals surface area contributed by atoms with Crippen molar-refractivity contribution in [2.75, 3.05) is 0 Å². The van der Waals surface area contributed by atoms with Crippen LogP contribution >= 0.6 is 0 Å². The van der Waals surface area contributed by atoms with Gasteiger partial charge in [-0.2, -0.15) is 18.4 Å². The van der Waals surface area contributed by atoms with Crippen LogP contribution in [-0.4, -0.2) is 10.7 Å². The van der Waals surface area contributed by atoms with Gasteiger partial charge in [-0.25, -0.2) is 0 Å². The van der Waals surface area contributed by atoms with E-state index in [-0.39, 0.29) is 5.69 Å². The number of alkyl halides is 3. The number of nitriles is 1. The van der Waals surface area contributed by atoms with Crippen molar-refractivity contribution in [3.63, 3.8) is 0 Å². The number of benzene rings is 1. The largest absolute Gasteiger partial charge is 0.417 e. The molecule has 0 aliphatic heterocycles. The second kappa shape index (κ2) is 8.29. The fourth-order valence-corrected chi connectivity index (χ4v) is 1.67. The Morgan fingerprint density at radius 1 is 1.24 bits per heavy atom. The van der Waals surface area contributed by atoms with E-state index in [2.05, 4.69) is 4.98 Å². The molecule has 0 fully saturated rings. The Morgan fingerprint density at radius 2 is 1.76 bits per heavy atom. The number of hydrogen-bond donors (Lipinski definition) is 2. The van der Waals surface area contributed by atoms with Crippen molar-refractivity contribution in [2.24, 2.45) is 5.92 Å². The summed E-state index contributed by atoms with van der Waals surface area (Å²) in [5, 5.41) is 15.6. The third kappa shape index (κ3) is 5.60. The van der Waals surface area contributed by atoms with Crippen molar-refractivity contribution in [1.29, 1.82) is 10.7 Å². The van der Waals surface area contributed by atoms with E-state index >= 15 is 0 Å². The molecule has 1 aromatic heterocycles. The van der Waals surface area contributed by atoms with Crippen molar-refractivity contribution in [3.8, 4) is 17.3 Å². The highest BCUT2D eigenvalue weighted by Crippen LogP contribution is 2.32. The smallest absolute Gasteiger partial charge is 0.321 e. The van der Waals surface area contributed by atoms with E-state index < -0.39 is 22.9 Å². The number of hydrogen-bond acceptors (Lipinski definition) is 3. The number of H-pyrrole nitrogens is 1. The lowest BCUT2D eigenvalue weighted by Crippen LogP contribution is -2.19. The van der Waals surface area contributed by atoms with Crippen molar-refractivity contribution in [2.45, 2.75) is 26.9 Å². The third-order valence-electron chi connectivity index (χ3n) is 3.40. The second-order valence-corrected chi connectivity index (χ2v) is 5.61. The number of halogens is 3. The van der Waals surface area contributed by atoms with Crippen LogP contribution < -0.4 is 5.56 Å². The molecule has 2 rings (SSSR count). The van der Waals surface area contributed by atoms with Crippen molar-refractivity contribution < 1.29 is 13.2 Å². The van der Waals surface area contributed by atoms with E-state index in [4.69, 9.17) is 10.7 Å². The summed E-state index contributed by atoms with van der Waals surface area (Å²) in [7, 11) is 0. The lowest BCUT2D eigenvalue weighted by atomic mass is 10.1. The van der Waals surface area contributed by atoms with Crippen LogP contribution in [0.3, 0.4) is 0 Å². The van der Waals surface area contributed by atoms with Crippen LogP contribution in [0, 0.1) is 22.7 Å². The Bertz CT molecular complexity index is 831. The Balaban J connectivity index is 0.000000450. The number of nitrogens with zero attached hydrogens (tertiary/aromatic N) is 1. The monoisotopic (exact) mass is 349 g/mol. The summed E-state index contributed by atoms with van der Waals surface area (Å²) >= 11 is 0. The maximum absolute atomic E-state index is 12.8. The molecule has 0 bridgehead atoms. The van der Waals surface area contributed by atoms with Gasteiger partial charge in [0, 0.05) is 11.4 Å². The minimum atomic E-state index is -4.75. The molecule has 2 N–H and O–H groups in total. The van der Waals surface area contributed by atoms with Gasteiger partial charge in [0.05, 0.1) is 5.56 Å². The number of aromatic amines is 1. The van der Waals surface area contributed by atoms with Crippen LogP contribution in [-0.2, 0) is 6.18 Å². The van der Waals surface area contributed by atoms with Gasteiger partial charge in [-0.05, 0) is 24.5 Å². The zero-order valence-electron chi connectivity index (χ0n) is 14.0. The molecule has 2 aromatic rings. The molecule has 7 heteroatoms. The number of rotatable bonds is 2. The number of nitrogens with one attached hydrogen (secondary N) is 2. The first-order valence-corrected chi connectivity index (χ1v) is 7.43. The molecule has 0 radical (unpaired) electrons. The molecular weight excluding hydrogens is 331 g/mol. The molecule has 0 atom stereocenters. The Hall–Kier alpha value is -2.88. The summed E-state index contributed by atoms with van der Waals surface area (Å²) in [6.45, 7) is 5.86. The predicted octanol–water partition coefficient (Wildman–Crippen LogP) is 4.61. The highest BCUT2D eigenvalue weighted by Gasteiger charge is 2.35. The minimum Gasteiger partial charge on any atom is -0.321 e. The van der Waals surface area contributed by atoms with Crippen LogP contribution in [0.25, 0.3) is 11.3 Å². The lowest BCUT2D eigenvalue weighted by molar-refractivity contribution is -0.137. The third-order valence-corrected chi connectivity index (χ3v) is 3.40. The number of pyridine rings is 1. The molecule has 0 saturated carbocycles. The van der Waals surface area contributed by atoms with Gasteiger partial charge < -0.3 is 10.4 Å². The van der Waals surface area contributed by atoms with Gasteiger partial charge in [-0.1, -0.05) is 44.2 Å². The predicted molar refractivity (Wildman–Crippen MR) is 90.5 cm³/mol. The van der Waals surface area contributed by atoms with Gasteiger partial charge in [0.25, 0.3) is 5.56 Å². The van der Waals surface area contributed by atoms with Gasteiger partial charge >= 0.3 is 6.18 Å². The fourth-order valence-electron chi connectivity index (χ4n) is 1.67. The zero-order chi connectivity index (χ0) is 19.2. The lowest BCUT2D eigenvalue weighted by Gasteiger charge is -2.10. The summed E-state index contributed by atoms with van der Waals surface area (Å²) < 4.78 is 38.4. The first kappa shape index (κ1) is 20.2. The van der Waals surface area contributed by atoms with Gasteiger partial charge in [-0.15, -0.1) is 0 Å². The number of aromatic nitrogens is 1. The Labute approximate surface area is 143 Å². The average molecular weight is 349 g/mol. The van der Waals surface area contributed by atoms with Crippen molar-refractivity contribution in [1.82, 2.24) is 4.98 Å². The van der Waals surface area contributed by atoms with E-state index in [0.29, 0.717) is 11.5 Å². The van der Waals surface area contributed by atoms with E-state index in [0.717, 1.165) is 11.8 Å². The molecule has 0 aliphatic rings. The molecule has 0 aliphatic carbocycles. The zero-order valence-corrected chi connectivity index (χ0v) is 14.0. The molecule has 0 unspecified atom stereocenters. The molecule has 25 heavy (non-hydrogen) atoms. The Kier molecular flexibility index (Phi) is 6.68. The quantitative estimate of drug-likeness (QED) is 0.776. The van der Waals surface area contributed by atoms with Crippen LogP contribution in [0.15, 0.2) is 41.2 Å². The molecule has 132 valence electrons. The van der Waals surface area contributed by atoms with Gasteiger partial charge in [0.2, 0.25) is 0 Å². The van der Waals surface area contributed by atoms with E-state index in [1.165, 1.54) is 6.07 Å². The van der Waals surface area contributed by atoms with Crippen molar-refractivity contribution >= 4 is 5.71 Å². The van der Waals surface area contributed by atoms with Crippen LogP contribution in [0.5, 0.6) is 0 Å². The highest BCUT2D eigenvalue weighted by molar-refractivity contribution is 5.80. The maximum atomic E-state index is 12.8. The minimum absolute atomic E-state index is 0.0249. The summed E-state index contributed by atoms with van der Waals surface area (Å²) in [5.41, 5.74) is -1.97. The topological polar surface area (TPSA) is 80.5 Å². The molecule has 1 aromatic carbocycles. The van der Waals surface area contributed by atoms with Gasteiger partial charge in [0.1, 0.15) is 11.6 Å². The van der Waals surface area contributed by atoms with E-state index in [9.17, 15) is 18.0 Å². The molecule has 0 amide bonds. The van der Waals surface area contributed by atoms with E-state index in [1.54, 1.807) is 30.3 Å². The highest BCUT2D eigenvalue weighted by atomic mass is 19.4. The summed E-state index contributed by atoms with van der Waals surface area (Å²) in [6.07, 6.45) is -4.75. The molecule has 0 saturated heterocycles. The molecule has 1 heterocycles. The van der Waals surface area contributed by atoms with Crippen LogP contribution in [0.2, 0.25) is 0 Å². The fraction of sp³-hybridized carbons (Fsp3) is 0.278. The van der Waals surface area contributed by atoms with E-state index in [1.807, 2.05) is 20.8 Å². The van der Waals surface area contributed by atoms with Gasteiger partial charge in [0.15, 0.2) is 0 Å². The normalized spacial score (nSPS) is 10.6. The SMILES string of the molecule is CC(=N)C(C)C.N#Cc1c(C(F)(F)F)cc(-c2ccccc2)[nH]c1=O. The first-order valence-electron chi connectivity index (χ1n) is 7.43. The van der Waals surface area contributed by atoms with Gasteiger partial charge in [-0.3, -0.25) is 4.79 Å². The molecule has 4 nitrogen and oxygen atoms in total. The second-order valence-electron chi connectivity index (χ2n) is 5.61. The maximum Gasteiger partial charge on any atom is 0.417 e. The van der Waals surface area contributed by atoms with Crippen LogP contribution in [0.4, 0.5) is 13.2 Å². The first-order chi connectivity index (χ1) is 11.6. The average Bonchev–Trinajstić information content (AvgIpc) is 2.54. The summed E-state index contributed by atoms with van der Waals surface area (Å²) in [6, 6.07) is 10.2. The Morgan fingerprint density at radius 3 is 2.16 bits per heavy atom. The summed E-state index contributed by atoms with van der Waals surface area (Å²) in [4.78, 5) is 13.8. The van der Waals surface area contributed by atoms with Crippen LogP contribution in [0.1, 0.15) is 31.9 Å². The molecular formula is C18H18F3N3O. The summed E-state index contributed by atoms with van der Waals surface area (Å²) in [5.74, 6) is 0.435.